The maximum atomic E-state index is 11.6. The monoisotopic (exact) mass is 330 g/mol. The lowest BCUT2D eigenvalue weighted by atomic mass is 9.70. The highest BCUT2D eigenvalue weighted by molar-refractivity contribution is 5.66. The lowest BCUT2D eigenvalue weighted by Crippen LogP contribution is -2.32. The van der Waals surface area contributed by atoms with Gasteiger partial charge in [-0.1, -0.05) is 36.8 Å². The molecule has 0 bridgehead atoms. The fourth-order valence-corrected chi connectivity index (χ4v) is 4.66. The molecule has 4 atom stereocenters. The molecule has 134 valence electrons. The van der Waals surface area contributed by atoms with E-state index in [1.54, 1.807) is 0 Å². The van der Waals surface area contributed by atoms with Crippen molar-refractivity contribution in [3.8, 4) is 0 Å². The Hall–Kier alpha value is -1.31. The number of carbonyl (C=O) groups excluding carboxylic acids is 1. The molecule has 0 aromatic heterocycles. The van der Waals surface area contributed by atoms with E-state index in [0.717, 1.165) is 25.7 Å². The lowest BCUT2D eigenvalue weighted by Gasteiger charge is -2.37. The smallest absolute Gasteiger partial charge is 0.303 e. The average molecular weight is 331 g/mol. The Morgan fingerprint density at radius 3 is 2.62 bits per heavy atom. The number of hydrogen-bond donors (Lipinski definition) is 0. The molecule has 2 aliphatic rings. The van der Waals surface area contributed by atoms with Gasteiger partial charge in [-0.3, -0.25) is 4.79 Å². The number of carbonyl (C=O) groups is 1. The van der Waals surface area contributed by atoms with E-state index in [0.29, 0.717) is 11.8 Å². The van der Waals surface area contributed by atoms with Crippen LogP contribution in [0.5, 0.6) is 0 Å². The molecule has 0 aromatic rings. The van der Waals surface area contributed by atoms with Crippen molar-refractivity contribution in [3.05, 3.63) is 35.5 Å². The van der Waals surface area contributed by atoms with Crippen molar-refractivity contribution < 1.29 is 9.53 Å². The summed E-state index contributed by atoms with van der Waals surface area (Å²) in [6.45, 7) is 14.7. The van der Waals surface area contributed by atoms with Crippen molar-refractivity contribution in [3.63, 3.8) is 0 Å². The molecule has 0 unspecified atom stereocenters. The predicted octanol–water partition coefficient (Wildman–Crippen LogP) is 5.99. The molecule has 1 fully saturated rings. The van der Waals surface area contributed by atoms with Crippen LogP contribution in [0.4, 0.5) is 0 Å². The summed E-state index contributed by atoms with van der Waals surface area (Å²) >= 11 is 0. The first-order valence-electron chi connectivity index (χ1n) is 9.38. The summed E-state index contributed by atoms with van der Waals surface area (Å²) in [4.78, 5) is 11.6. The molecule has 24 heavy (non-hydrogen) atoms. The molecule has 1 saturated carbocycles. The van der Waals surface area contributed by atoms with E-state index >= 15 is 0 Å². The molecule has 0 saturated heterocycles. The molecule has 0 aliphatic heterocycles. The summed E-state index contributed by atoms with van der Waals surface area (Å²) in [5.41, 5.74) is 4.18. The van der Waals surface area contributed by atoms with Crippen LogP contribution in [0.15, 0.2) is 35.5 Å². The third-order valence-electron chi connectivity index (χ3n) is 6.23. The molecule has 0 heterocycles. The van der Waals surface area contributed by atoms with Gasteiger partial charge < -0.3 is 4.74 Å². The van der Waals surface area contributed by atoms with Gasteiger partial charge in [0, 0.05) is 6.92 Å². The van der Waals surface area contributed by atoms with Crippen LogP contribution in [0.3, 0.4) is 0 Å². The lowest BCUT2D eigenvalue weighted by molar-refractivity contribution is -0.146. The number of fused-ring (bicyclic) bond motifs is 1. The van der Waals surface area contributed by atoms with Crippen LogP contribution in [0.1, 0.15) is 73.1 Å². The standard InChI is InChI=1S/C22H34O2/c1-15(2)19-12-13-22(6)14-21(24-18(5)23)17(4)9-7-8-16(3)10-11-20(19)22/h9-10,19-21H,1,7-8,11-14H2,2-6H3/t19-,20-,21-,22+/m0/s1. The Morgan fingerprint density at radius 1 is 1.29 bits per heavy atom. The normalized spacial score (nSPS) is 34.5. The van der Waals surface area contributed by atoms with Crippen LogP contribution in [0.2, 0.25) is 0 Å². The van der Waals surface area contributed by atoms with Gasteiger partial charge in [0.2, 0.25) is 0 Å². The zero-order chi connectivity index (χ0) is 17.9. The molecule has 0 amide bonds. The second kappa shape index (κ2) is 7.72. The van der Waals surface area contributed by atoms with Crippen LogP contribution < -0.4 is 0 Å². The van der Waals surface area contributed by atoms with E-state index in [2.05, 4.69) is 46.4 Å². The van der Waals surface area contributed by atoms with E-state index in [4.69, 9.17) is 4.74 Å². The van der Waals surface area contributed by atoms with Gasteiger partial charge in [0.25, 0.3) is 0 Å². The SMILES string of the molecule is C=C(C)[C@@H]1CC[C@]2(C)C[C@H](OC(C)=O)C(C)=CCCC(C)=CC[C@@H]12. The Kier molecular flexibility index (Phi) is 6.11. The first-order chi connectivity index (χ1) is 11.2. The van der Waals surface area contributed by atoms with Gasteiger partial charge in [-0.25, -0.2) is 0 Å². The molecule has 2 nitrogen and oxygen atoms in total. The van der Waals surface area contributed by atoms with Crippen molar-refractivity contribution in [2.45, 2.75) is 79.2 Å². The van der Waals surface area contributed by atoms with Gasteiger partial charge in [0.15, 0.2) is 0 Å². The van der Waals surface area contributed by atoms with Crippen molar-refractivity contribution in [2.24, 2.45) is 17.3 Å². The number of ether oxygens (including phenoxy) is 1. The maximum Gasteiger partial charge on any atom is 0.303 e. The van der Waals surface area contributed by atoms with E-state index in [9.17, 15) is 4.79 Å². The van der Waals surface area contributed by atoms with Crippen LogP contribution in [-0.4, -0.2) is 12.1 Å². The fraction of sp³-hybridized carbons (Fsp3) is 0.682. The Balaban J connectivity index is 2.37. The van der Waals surface area contributed by atoms with Crippen LogP contribution in [-0.2, 0) is 9.53 Å². The molecule has 2 rings (SSSR count). The molecule has 2 heteroatoms. The minimum atomic E-state index is -0.175. The van der Waals surface area contributed by atoms with Gasteiger partial charge in [0.05, 0.1) is 0 Å². The van der Waals surface area contributed by atoms with Crippen LogP contribution in [0, 0.1) is 17.3 Å². The van der Waals surface area contributed by atoms with Gasteiger partial charge in [-0.2, -0.15) is 0 Å². The summed E-state index contributed by atoms with van der Waals surface area (Å²) in [6, 6.07) is 0. The number of rotatable bonds is 2. The summed E-state index contributed by atoms with van der Waals surface area (Å²) < 4.78 is 5.73. The minimum absolute atomic E-state index is 0.0859. The number of esters is 1. The third kappa shape index (κ3) is 4.40. The molecule has 0 aromatic carbocycles. The van der Waals surface area contributed by atoms with Gasteiger partial charge in [-0.15, -0.1) is 0 Å². The second-order valence-electron chi connectivity index (χ2n) is 8.33. The van der Waals surface area contributed by atoms with Crippen molar-refractivity contribution >= 4 is 5.97 Å². The Labute approximate surface area is 148 Å². The first-order valence-corrected chi connectivity index (χ1v) is 9.38. The van der Waals surface area contributed by atoms with E-state index in [-0.39, 0.29) is 17.5 Å². The summed E-state index contributed by atoms with van der Waals surface area (Å²) in [6.07, 6.45) is 11.2. The average Bonchev–Trinajstić information content (AvgIpc) is 2.79. The highest BCUT2D eigenvalue weighted by Crippen LogP contribution is 2.54. The topological polar surface area (TPSA) is 26.3 Å². The highest BCUT2D eigenvalue weighted by Gasteiger charge is 2.46. The van der Waals surface area contributed by atoms with Crippen molar-refractivity contribution in [2.75, 3.05) is 0 Å². The molecule has 2 aliphatic carbocycles. The summed E-state index contributed by atoms with van der Waals surface area (Å²) in [7, 11) is 0. The van der Waals surface area contributed by atoms with E-state index < -0.39 is 0 Å². The minimum Gasteiger partial charge on any atom is -0.458 e. The van der Waals surface area contributed by atoms with E-state index in [1.165, 1.54) is 36.5 Å². The molecule has 0 radical (unpaired) electrons. The molecular weight excluding hydrogens is 296 g/mol. The summed E-state index contributed by atoms with van der Waals surface area (Å²) in [5.74, 6) is 1.00. The zero-order valence-electron chi connectivity index (χ0n) is 16.2. The fourth-order valence-electron chi connectivity index (χ4n) is 4.66. The molecule has 0 spiro atoms. The third-order valence-corrected chi connectivity index (χ3v) is 6.23. The Morgan fingerprint density at radius 2 is 2.00 bits per heavy atom. The summed E-state index contributed by atoms with van der Waals surface area (Å²) in [5, 5.41) is 0. The Bertz CT molecular complexity index is 554. The van der Waals surface area contributed by atoms with Gasteiger partial charge in [-0.05, 0) is 82.1 Å². The van der Waals surface area contributed by atoms with Crippen LogP contribution >= 0.6 is 0 Å². The largest absolute Gasteiger partial charge is 0.458 e. The first kappa shape index (κ1) is 19.0. The second-order valence-corrected chi connectivity index (χ2v) is 8.33. The maximum absolute atomic E-state index is 11.6. The zero-order valence-corrected chi connectivity index (χ0v) is 16.2. The van der Waals surface area contributed by atoms with Gasteiger partial charge >= 0.3 is 5.97 Å². The van der Waals surface area contributed by atoms with Crippen molar-refractivity contribution in [1.82, 2.24) is 0 Å². The quantitative estimate of drug-likeness (QED) is 0.459. The van der Waals surface area contributed by atoms with Gasteiger partial charge in [0.1, 0.15) is 6.10 Å². The van der Waals surface area contributed by atoms with E-state index in [1.807, 2.05) is 0 Å². The highest BCUT2D eigenvalue weighted by atomic mass is 16.5. The predicted molar refractivity (Wildman–Crippen MR) is 101 cm³/mol. The molecular formula is C22H34O2. The number of allylic oxidation sites excluding steroid dienone is 4. The number of hydrogen-bond acceptors (Lipinski definition) is 2. The van der Waals surface area contributed by atoms with Crippen molar-refractivity contribution in [1.29, 1.82) is 0 Å². The van der Waals surface area contributed by atoms with Crippen LogP contribution in [0.25, 0.3) is 0 Å². The molecule has 0 N–H and O–H groups in total.